The Morgan fingerprint density at radius 1 is 1.38 bits per heavy atom. The van der Waals surface area contributed by atoms with Crippen molar-refractivity contribution in [2.75, 3.05) is 25.0 Å². The van der Waals surface area contributed by atoms with Gasteiger partial charge in [-0.05, 0) is 18.6 Å². The van der Waals surface area contributed by atoms with Gasteiger partial charge in [0.25, 0.3) is 0 Å². The molecule has 0 saturated heterocycles. The van der Waals surface area contributed by atoms with Crippen molar-refractivity contribution in [3.05, 3.63) is 24.0 Å². The van der Waals surface area contributed by atoms with Crippen LogP contribution in [0.1, 0.15) is 12.2 Å². The van der Waals surface area contributed by atoms with Gasteiger partial charge in [0, 0.05) is 31.2 Å². The first-order chi connectivity index (χ1) is 9.94. The van der Waals surface area contributed by atoms with Gasteiger partial charge in [-0.25, -0.2) is 13.4 Å². The summed E-state index contributed by atoms with van der Waals surface area (Å²) in [4.78, 5) is 4.58. The van der Waals surface area contributed by atoms with E-state index >= 15 is 0 Å². The number of benzene rings is 1. The fourth-order valence-corrected chi connectivity index (χ4v) is 3.12. The van der Waals surface area contributed by atoms with Crippen molar-refractivity contribution in [2.24, 2.45) is 0 Å². The monoisotopic (exact) mass is 330 g/mol. The molecule has 21 heavy (non-hydrogen) atoms. The Labute approximate surface area is 129 Å². The Balaban J connectivity index is 2.32. The highest BCUT2D eigenvalue weighted by molar-refractivity contribution is 7.90. The second-order valence-electron chi connectivity index (χ2n) is 4.96. The molecule has 0 aliphatic carbocycles. The van der Waals surface area contributed by atoms with E-state index in [0.29, 0.717) is 25.3 Å². The number of imidazole rings is 1. The lowest BCUT2D eigenvalue weighted by atomic mass is 10.3. The quantitative estimate of drug-likeness (QED) is 0.731. The number of hydrogen-bond acceptors (Lipinski definition) is 4. The van der Waals surface area contributed by atoms with E-state index in [4.69, 9.17) is 16.3 Å². The van der Waals surface area contributed by atoms with Gasteiger partial charge in [0.05, 0.1) is 23.9 Å². The van der Waals surface area contributed by atoms with Gasteiger partial charge in [-0.1, -0.05) is 0 Å². The van der Waals surface area contributed by atoms with Crippen LogP contribution in [0.2, 0.25) is 0 Å². The first-order valence-electron chi connectivity index (χ1n) is 6.71. The fourth-order valence-electron chi connectivity index (χ4n) is 2.30. The highest BCUT2D eigenvalue weighted by Crippen LogP contribution is 2.22. The molecule has 0 atom stereocenters. The second kappa shape index (κ2) is 6.66. The third-order valence-electron chi connectivity index (χ3n) is 3.25. The molecule has 0 unspecified atom stereocenters. The summed E-state index contributed by atoms with van der Waals surface area (Å²) in [5.74, 6) is 2.28. The van der Waals surface area contributed by atoms with Gasteiger partial charge in [0.1, 0.15) is 21.4 Å². The molecule has 0 aliphatic heterocycles. The van der Waals surface area contributed by atoms with Gasteiger partial charge in [0.15, 0.2) is 0 Å². The second-order valence-corrected chi connectivity index (χ2v) is 7.59. The third kappa shape index (κ3) is 4.11. The van der Waals surface area contributed by atoms with Crippen LogP contribution < -0.4 is 4.74 Å². The number of sulfone groups is 1. The summed E-state index contributed by atoms with van der Waals surface area (Å²) in [6, 6.07) is 5.70. The average Bonchev–Trinajstić information content (AvgIpc) is 2.75. The van der Waals surface area contributed by atoms with Gasteiger partial charge in [-0.3, -0.25) is 0 Å². The topological polar surface area (TPSA) is 61.2 Å². The predicted octanol–water partition coefficient (Wildman–Crippen LogP) is 2.26. The van der Waals surface area contributed by atoms with Crippen molar-refractivity contribution in [2.45, 2.75) is 19.4 Å². The molecule has 116 valence electrons. The largest absolute Gasteiger partial charge is 0.497 e. The van der Waals surface area contributed by atoms with Gasteiger partial charge in [-0.2, -0.15) is 0 Å². The number of alkyl halides is 1. The first-order valence-corrected chi connectivity index (χ1v) is 9.31. The van der Waals surface area contributed by atoms with Crippen molar-refractivity contribution in [3.63, 3.8) is 0 Å². The molecule has 7 heteroatoms. The molecule has 1 heterocycles. The highest BCUT2D eigenvalue weighted by atomic mass is 35.5. The summed E-state index contributed by atoms with van der Waals surface area (Å²) in [5.41, 5.74) is 1.82. The maximum absolute atomic E-state index is 11.3. The lowest BCUT2D eigenvalue weighted by molar-refractivity contribution is 0.415. The Bertz CT molecular complexity index is 725. The van der Waals surface area contributed by atoms with Crippen LogP contribution in [-0.2, 0) is 22.8 Å². The molecular weight excluding hydrogens is 312 g/mol. The first kappa shape index (κ1) is 16.1. The van der Waals surface area contributed by atoms with Crippen LogP contribution in [0.4, 0.5) is 0 Å². The minimum atomic E-state index is -2.95. The zero-order valence-corrected chi connectivity index (χ0v) is 13.7. The minimum absolute atomic E-state index is 0.170. The van der Waals surface area contributed by atoms with Crippen molar-refractivity contribution in [3.8, 4) is 5.75 Å². The number of methoxy groups -OCH3 is 1. The molecule has 1 aromatic carbocycles. The van der Waals surface area contributed by atoms with Gasteiger partial charge in [0.2, 0.25) is 0 Å². The standard InChI is InChI=1S/C14H19ClN2O3S/c1-20-11-4-5-13-12(10-11)16-14(6-7-15)17(13)8-3-9-21(2,18)19/h4-5,10H,3,6-9H2,1-2H3. The van der Waals surface area contributed by atoms with E-state index in [9.17, 15) is 8.42 Å². The number of aromatic nitrogens is 2. The van der Waals surface area contributed by atoms with Crippen LogP contribution in [0.5, 0.6) is 5.75 Å². The summed E-state index contributed by atoms with van der Waals surface area (Å²) in [6.45, 7) is 0.613. The molecule has 0 fully saturated rings. The van der Waals surface area contributed by atoms with E-state index < -0.39 is 9.84 Å². The molecule has 0 radical (unpaired) electrons. The molecule has 0 aliphatic rings. The van der Waals surface area contributed by atoms with E-state index in [1.807, 2.05) is 22.8 Å². The zero-order chi connectivity index (χ0) is 15.5. The SMILES string of the molecule is COc1ccc2c(c1)nc(CCCl)n2CCCS(C)(=O)=O. The number of hydrogen-bond donors (Lipinski definition) is 0. The average molecular weight is 331 g/mol. The smallest absolute Gasteiger partial charge is 0.147 e. The van der Waals surface area contributed by atoms with Crippen molar-refractivity contribution in [1.29, 1.82) is 0 Å². The van der Waals surface area contributed by atoms with Gasteiger partial charge >= 0.3 is 0 Å². The van der Waals surface area contributed by atoms with Crippen LogP contribution in [0, 0.1) is 0 Å². The molecule has 1 aromatic heterocycles. The number of rotatable bonds is 7. The number of halogens is 1. The van der Waals surface area contributed by atoms with Crippen LogP contribution in [0.3, 0.4) is 0 Å². The van der Waals surface area contributed by atoms with Crippen LogP contribution >= 0.6 is 11.6 Å². The van der Waals surface area contributed by atoms with E-state index in [1.165, 1.54) is 6.26 Å². The molecular formula is C14H19ClN2O3S. The summed E-state index contributed by atoms with van der Waals surface area (Å²) < 4.78 is 29.8. The third-order valence-corrected chi connectivity index (χ3v) is 4.47. The lowest BCUT2D eigenvalue weighted by Gasteiger charge is -2.08. The normalized spacial score (nSPS) is 12.0. The van der Waals surface area contributed by atoms with Gasteiger partial charge in [-0.15, -0.1) is 11.6 Å². The zero-order valence-electron chi connectivity index (χ0n) is 12.2. The lowest BCUT2D eigenvalue weighted by Crippen LogP contribution is -2.10. The summed E-state index contributed by atoms with van der Waals surface area (Å²) in [6.07, 6.45) is 2.46. The van der Waals surface area contributed by atoms with Crippen molar-refractivity contribution >= 4 is 32.5 Å². The molecule has 2 aromatic rings. The van der Waals surface area contributed by atoms with E-state index in [2.05, 4.69) is 4.98 Å². The maximum atomic E-state index is 11.3. The highest BCUT2D eigenvalue weighted by Gasteiger charge is 2.12. The van der Waals surface area contributed by atoms with E-state index in [0.717, 1.165) is 22.6 Å². The van der Waals surface area contributed by atoms with Crippen LogP contribution in [-0.4, -0.2) is 43.0 Å². The number of fused-ring (bicyclic) bond motifs is 1. The molecule has 0 bridgehead atoms. The molecule has 0 spiro atoms. The van der Waals surface area contributed by atoms with Crippen molar-refractivity contribution in [1.82, 2.24) is 9.55 Å². The van der Waals surface area contributed by atoms with E-state index in [-0.39, 0.29) is 5.75 Å². The van der Waals surface area contributed by atoms with Crippen molar-refractivity contribution < 1.29 is 13.2 Å². The van der Waals surface area contributed by atoms with Crippen LogP contribution in [0.25, 0.3) is 11.0 Å². The Hall–Kier alpha value is -1.27. The molecule has 0 amide bonds. The predicted molar refractivity (Wildman–Crippen MR) is 85.0 cm³/mol. The summed E-state index contributed by atoms with van der Waals surface area (Å²) >= 11 is 5.83. The molecule has 0 saturated carbocycles. The fraction of sp³-hybridized carbons (Fsp3) is 0.500. The van der Waals surface area contributed by atoms with E-state index in [1.54, 1.807) is 7.11 Å². The molecule has 2 rings (SSSR count). The summed E-state index contributed by atoms with van der Waals surface area (Å²) in [5, 5.41) is 0. The van der Waals surface area contributed by atoms with Gasteiger partial charge < -0.3 is 9.30 Å². The number of nitrogens with zero attached hydrogens (tertiary/aromatic N) is 2. The Morgan fingerprint density at radius 2 is 2.14 bits per heavy atom. The Kier molecular flexibility index (Phi) is 5.11. The molecule has 0 N–H and O–H groups in total. The van der Waals surface area contributed by atoms with Crippen LogP contribution in [0.15, 0.2) is 18.2 Å². The summed E-state index contributed by atoms with van der Waals surface area (Å²) in [7, 11) is -1.33. The molecule has 5 nitrogen and oxygen atoms in total. The number of aryl methyl sites for hydroxylation is 2. The maximum Gasteiger partial charge on any atom is 0.147 e. The Morgan fingerprint density at radius 3 is 2.76 bits per heavy atom. The minimum Gasteiger partial charge on any atom is -0.497 e. The number of ether oxygens (including phenoxy) is 1.